The minimum atomic E-state index is -1.08. The number of carbonyl (C=O) groups is 1. The molecule has 0 aliphatic carbocycles. The summed E-state index contributed by atoms with van der Waals surface area (Å²) in [7, 11) is 0. The molecule has 18 heavy (non-hydrogen) atoms. The number of aromatic nitrogens is 1. The van der Waals surface area contributed by atoms with Crippen LogP contribution in [0.1, 0.15) is 48.0 Å². The van der Waals surface area contributed by atoms with Gasteiger partial charge in [0.1, 0.15) is 0 Å². The number of hydrogen-bond acceptors (Lipinski definition) is 2. The smallest absolute Gasteiger partial charge is 0.169 e. The Morgan fingerprint density at radius 3 is 1.78 bits per heavy atom. The predicted molar refractivity (Wildman–Crippen MR) is 70.7 cm³/mol. The van der Waals surface area contributed by atoms with Crippen molar-refractivity contribution < 1.29 is 14.5 Å². The topological polar surface area (TPSA) is 44.0 Å². The Bertz CT molecular complexity index is 360. The summed E-state index contributed by atoms with van der Waals surface area (Å²) in [6.07, 6.45) is 5.46. The number of carboxylic acid groups (broad SMARTS) is 1. The van der Waals surface area contributed by atoms with Crippen LogP contribution in [0, 0.1) is 5.41 Å². The van der Waals surface area contributed by atoms with E-state index in [1.54, 1.807) is 0 Å². The molecule has 1 heterocycles. The van der Waals surface area contributed by atoms with Crippen molar-refractivity contribution in [2.45, 2.75) is 53.5 Å². The number of carboxylic acids is 1. The molecule has 0 amide bonds. The Kier molecular flexibility index (Phi) is 6.02. The molecule has 1 aromatic rings. The third-order valence-corrected chi connectivity index (χ3v) is 2.38. The highest BCUT2D eigenvalue weighted by molar-refractivity contribution is 5.60. The first kappa shape index (κ1) is 16.6. The molecule has 0 atom stereocenters. The maximum atomic E-state index is 8.89. The lowest BCUT2D eigenvalue weighted by Gasteiger charge is -2.27. The van der Waals surface area contributed by atoms with Crippen molar-refractivity contribution >= 4 is 5.97 Å². The fourth-order valence-corrected chi connectivity index (χ4v) is 2.19. The second-order valence-corrected chi connectivity index (χ2v) is 6.32. The largest absolute Gasteiger partial charge is 0.550 e. The lowest BCUT2D eigenvalue weighted by molar-refractivity contribution is -0.760. The van der Waals surface area contributed by atoms with Crippen LogP contribution in [0.4, 0.5) is 0 Å². The molecule has 0 saturated heterocycles. The summed E-state index contributed by atoms with van der Waals surface area (Å²) in [5.41, 5.74) is 0.561. The Hall–Kier alpha value is -1.38. The second kappa shape index (κ2) is 6.53. The second-order valence-electron chi connectivity index (χ2n) is 6.32. The fraction of sp³-hybridized carbons (Fsp3) is 0.600. The molecule has 0 N–H and O–H groups in total. The zero-order valence-electron chi connectivity index (χ0n) is 12.4. The van der Waals surface area contributed by atoms with Crippen molar-refractivity contribution in [1.29, 1.82) is 0 Å². The summed E-state index contributed by atoms with van der Waals surface area (Å²) in [6, 6.07) is 6.23. The SMILES string of the molecule is CC(=O)[O-].CC(C)(C)CC(C)(C)[n+]1ccccc1. The van der Waals surface area contributed by atoms with E-state index in [4.69, 9.17) is 9.90 Å². The highest BCUT2D eigenvalue weighted by atomic mass is 16.4. The van der Waals surface area contributed by atoms with E-state index in [2.05, 4.69) is 69.8 Å². The lowest BCUT2D eigenvalue weighted by Crippen LogP contribution is -2.53. The van der Waals surface area contributed by atoms with Crippen LogP contribution in [0.15, 0.2) is 30.6 Å². The van der Waals surface area contributed by atoms with Crippen molar-refractivity contribution in [2.75, 3.05) is 0 Å². The molecular formula is C15H25NO2. The Morgan fingerprint density at radius 1 is 1.06 bits per heavy atom. The molecule has 3 nitrogen and oxygen atoms in total. The maximum Gasteiger partial charge on any atom is 0.169 e. The molecule has 1 rings (SSSR count). The van der Waals surface area contributed by atoms with Gasteiger partial charge in [-0.05, 0) is 12.3 Å². The molecule has 0 radical (unpaired) electrons. The van der Waals surface area contributed by atoms with Crippen LogP contribution in [0.5, 0.6) is 0 Å². The first-order chi connectivity index (χ1) is 8.04. The minimum absolute atomic E-state index is 0.194. The van der Waals surface area contributed by atoms with Crippen LogP contribution in [0.2, 0.25) is 0 Å². The van der Waals surface area contributed by atoms with Crippen LogP contribution in [-0.2, 0) is 10.3 Å². The number of pyridine rings is 1. The average Bonchev–Trinajstić information content (AvgIpc) is 2.14. The number of hydrogen-bond donors (Lipinski definition) is 0. The Morgan fingerprint density at radius 2 is 1.44 bits per heavy atom. The molecule has 0 fully saturated rings. The molecular weight excluding hydrogens is 226 g/mol. The molecule has 102 valence electrons. The first-order valence-corrected chi connectivity index (χ1v) is 6.19. The number of nitrogens with zero attached hydrogens (tertiary/aromatic N) is 1. The Balaban J connectivity index is 0.000000631. The zero-order valence-corrected chi connectivity index (χ0v) is 12.4. The maximum absolute atomic E-state index is 8.89. The summed E-state index contributed by atoms with van der Waals surface area (Å²) in [4.78, 5) is 8.89. The van der Waals surface area contributed by atoms with Crippen molar-refractivity contribution in [2.24, 2.45) is 5.41 Å². The molecule has 0 aliphatic heterocycles. The molecule has 0 aliphatic rings. The average molecular weight is 251 g/mol. The van der Waals surface area contributed by atoms with E-state index in [0.29, 0.717) is 5.41 Å². The van der Waals surface area contributed by atoms with E-state index in [0.717, 1.165) is 6.92 Å². The van der Waals surface area contributed by atoms with Crippen molar-refractivity contribution in [3.05, 3.63) is 30.6 Å². The minimum Gasteiger partial charge on any atom is -0.550 e. The van der Waals surface area contributed by atoms with Crippen LogP contribution in [0.3, 0.4) is 0 Å². The van der Waals surface area contributed by atoms with Gasteiger partial charge in [-0.1, -0.05) is 26.8 Å². The quantitative estimate of drug-likeness (QED) is 0.754. The van der Waals surface area contributed by atoms with Crippen LogP contribution < -0.4 is 9.67 Å². The number of rotatable bonds is 2. The first-order valence-electron chi connectivity index (χ1n) is 6.19. The van der Waals surface area contributed by atoms with Crippen molar-refractivity contribution in [3.8, 4) is 0 Å². The van der Waals surface area contributed by atoms with E-state index < -0.39 is 5.97 Å². The predicted octanol–water partition coefficient (Wildman–Crippen LogP) is 1.90. The summed E-state index contributed by atoms with van der Waals surface area (Å²) in [5, 5.41) is 8.89. The molecule has 3 heteroatoms. The van der Waals surface area contributed by atoms with E-state index in [1.165, 1.54) is 6.42 Å². The molecule has 0 unspecified atom stereocenters. The van der Waals surface area contributed by atoms with E-state index in [1.807, 2.05) is 0 Å². The normalized spacial score (nSPS) is 11.4. The van der Waals surface area contributed by atoms with Gasteiger partial charge in [0, 0.05) is 38.4 Å². The van der Waals surface area contributed by atoms with Gasteiger partial charge in [0.2, 0.25) is 0 Å². The molecule has 0 saturated carbocycles. The van der Waals surface area contributed by atoms with Crippen LogP contribution >= 0.6 is 0 Å². The monoisotopic (exact) mass is 251 g/mol. The van der Waals surface area contributed by atoms with Gasteiger partial charge in [-0.3, -0.25) is 0 Å². The van der Waals surface area contributed by atoms with Crippen molar-refractivity contribution in [1.82, 2.24) is 0 Å². The third kappa shape index (κ3) is 7.82. The summed E-state index contributed by atoms with van der Waals surface area (Å²) < 4.78 is 2.29. The standard InChI is InChI=1S/C13H22N.C2H4O2/c1-12(2,3)11-13(4,5)14-9-7-6-8-10-14;1-2(3)4/h6-10H,11H2,1-5H3;1H3,(H,3,4)/q+1;/p-1. The number of carbonyl (C=O) groups excluding carboxylic acids is 1. The number of aliphatic carboxylic acids is 1. The summed E-state index contributed by atoms with van der Waals surface area (Å²) in [5.74, 6) is -1.08. The van der Waals surface area contributed by atoms with E-state index in [-0.39, 0.29) is 5.54 Å². The fourth-order valence-electron chi connectivity index (χ4n) is 2.19. The molecule has 0 aromatic carbocycles. The summed E-state index contributed by atoms with van der Waals surface area (Å²) >= 11 is 0. The van der Waals surface area contributed by atoms with E-state index >= 15 is 0 Å². The van der Waals surface area contributed by atoms with Gasteiger partial charge in [-0.2, -0.15) is 0 Å². The molecule has 0 bridgehead atoms. The third-order valence-electron chi connectivity index (χ3n) is 2.38. The van der Waals surface area contributed by atoms with Gasteiger partial charge in [0.05, 0.1) is 0 Å². The van der Waals surface area contributed by atoms with Gasteiger partial charge in [-0.25, -0.2) is 4.57 Å². The van der Waals surface area contributed by atoms with Gasteiger partial charge >= 0.3 is 0 Å². The van der Waals surface area contributed by atoms with Gasteiger partial charge < -0.3 is 9.90 Å². The molecule has 0 spiro atoms. The highest BCUT2D eigenvalue weighted by Crippen LogP contribution is 2.28. The molecule has 1 aromatic heterocycles. The zero-order chi connectivity index (χ0) is 14.4. The van der Waals surface area contributed by atoms with Crippen LogP contribution in [-0.4, -0.2) is 5.97 Å². The van der Waals surface area contributed by atoms with Crippen molar-refractivity contribution in [3.63, 3.8) is 0 Å². The lowest BCUT2D eigenvalue weighted by atomic mass is 9.81. The summed E-state index contributed by atoms with van der Waals surface area (Å²) in [6.45, 7) is 12.4. The van der Waals surface area contributed by atoms with Crippen LogP contribution in [0.25, 0.3) is 0 Å². The van der Waals surface area contributed by atoms with Gasteiger partial charge in [0.25, 0.3) is 0 Å². The van der Waals surface area contributed by atoms with Gasteiger partial charge in [-0.15, -0.1) is 0 Å². The highest BCUT2D eigenvalue weighted by Gasteiger charge is 2.32. The Labute approximate surface area is 110 Å². The van der Waals surface area contributed by atoms with E-state index in [9.17, 15) is 0 Å². The van der Waals surface area contributed by atoms with Gasteiger partial charge in [0.15, 0.2) is 17.9 Å².